The molecular formula is C16H18N4O4S. The number of amides is 1. The van der Waals surface area contributed by atoms with Crippen molar-refractivity contribution in [1.82, 2.24) is 9.97 Å². The van der Waals surface area contributed by atoms with E-state index < -0.39 is 16.4 Å². The molecular weight excluding hydrogens is 344 g/mol. The van der Waals surface area contributed by atoms with E-state index in [2.05, 4.69) is 9.97 Å². The van der Waals surface area contributed by atoms with Gasteiger partial charge >= 0.3 is 10.3 Å². The summed E-state index contributed by atoms with van der Waals surface area (Å²) in [5, 5.41) is 5.75. The number of aryl methyl sites for hydroxylation is 1. The number of nitrogens with two attached hydrogens (primary N) is 1. The van der Waals surface area contributed by atoms with Crippen LogP contribution in [-0.2, 0) is 25.7 Å². The molecule has 1 aliphatic carbocycles. The lowest BCUT2D eigenvalue weighted by Gasteiger charge is -2.36. The van der Waals surface area contributed by atoms with E-state index in [4.69, 9.17) is 9.32 Å². The quantitative estimate of drug-likeness (QED) is 0.861. The van der Waals surface area contributed by atoms with Gasteiger partial charge in [0.25, 0.3) is 0 Å². The van der Waals surface area contributed by atoms with E-state index in [1.54, 1.807) is 11.1 Å². The van der Waals surface area contributed by atoms with Crippen LogP contribution >= 0.6 is 0 Å². The standard InChI is InChI=1S/C16H18N4O4S/c1-9-2-3-13-15-11(7-18-16(13)19-9)6-14(21)20(15)8-10-4-12(5-10)24-25(17,22)23/h2-3,7,10,12H,4-6,8H2,1H3,(H2,17,22,23). The Labute approximate surface area is 145 Å². The summed E-state index contributed by atoms with van der Waals surface area (Å²) in [4.78, 5) is 23.0. The van der Waals surface area contributed by atoms with Gasteiger partial charge in [-0.1, -0.05) is 0 Å². The van der Waals surface area contributed by atoms with Crippen molar-refractivity contribution < 1.29 is 17.4 Å². The molecule has 2 aromatic heterocycles. The smallest absolute Gasteiger partial charge is 0.311 e. The van der Waals surface area contributed by atoms with Crippen LogP contribution in [0, 0.1) is 12.8 Å². The van der Waals surface area contributed by atoms with E-state index in [1.165, 1.54) is 0 Å². The topological polar surface area (TPSA) is 115 Å². The first-order chi connectivity index (χ1) is 11.8. The molecule has 9 heteroatoms. The number of carbonyl (C=O) groups is 1. The zero-order chi connectivity index (χ0) is 17.8. The lowest BCUT2D eigenvalue weighted by Crippen LogP contribution is -2.42. The molecule has 0 unspecified atom stereocenters. The number of pyridine rings is 2. The van der Waals surface area contributed by atoms with Crippen LogP contribution < -0.4 is 10.0 Å². The van der Waals surface area contributed by atoms with Crippen LogP contribution in [-0.4, -0.2) is 36.9 Å². The van der Waals surface area contributed by atoms with Gasteiger partial charge in [-0.25, -0.2) is 15.1 Å². The first-order valence-electron chi connectivity index (χ1n) is 8.07. The van der Waals surface area contributed by atoms with Crippen LogP contribution in [0.1, 0.15) is 24.1 Å². The summed E-state index contributed by atoms with van der Waals surface area (Å²) in [5.74, 6) is 0.212. The summed E-state index contributed by atoms with van der Waals surface area (Å²) >= 11 is 0. The minimum Gasteiger partial charge on any atom is -0.311 e. The summed E-state index contributed by atoms with van der Waals surface area (Å²) in [6.45, 7) is 2.43. The maximum atomic E-state index is 12.5. The van der Waals surface area contributed by atoms with Gasteiger partial charge in [0.1, 0.15) is 0 Å². The van der Waals surface area contributed by atoms with Crippen LogP contribution in [0.15, 0.2) is 18.3 Å². The van der Waals surface area contributed by atoms with Gasteiger partial charge < -0.3 is 4.90 Å². The Morgan fingerprint density at radius 3 is 2.84 bits per heavy atom. The Morgan fingerprint density at radius 2 is 2.12 bits per heavy atom. The van der Waals surface area contributed by atoms with Crippen LogP contribution in [0.5, 0.6) is 0 Å². The van der Waals surface area contributed by atoms with Crippen LogP contribution in [0.3, 0.4) is 0 Å². The molecule has 132 valence electrons. The van der Waals surface area contributed by atoms with Crippen LogP contribution in [0.4, 0.5) is 5.69 Å². The number of hydrogen-bond acceptors (Lipinski definition) is 6. The maximum absolute atomic E-state index is 12.5. The van der Waals surface area contributed by atoms with Gasteiger partial charge in [-0.2, -0.15) is 8.42 Å². The molecule has 1 saturated carbocycles. The van der Waals surface area contributed by atoms with Crippen molar-refractivity contribution in [3.05, 3.63) is 29.6 Å². The van der Waals surface area contributed by atoms with Gasteiger partial charge in [0.15, 0.2) is 5.65 Å². The van der Waals surface area contributed by atoms with Gasteiger partial charge in [0.2, 0.25) is 5.91 Å². The van der Waals surface area contributed by atoms with E-state index in [-0.39, 0.29) is 11.8 Å². The van der Waals surface area contributed by atoms with Gasteiger partial charge in [0.05, 0.1) is 18.2 Å². The Balaban J connectivity index is 1.56. The lowest BCUT2D eigenvalue weighted by molar-refractivity contribution is -0.117. The molecule has 0 bridgehead atoms. The molecule has 1 aliphatic heterocycles. The maximum Gasteiger partial charge on any atom is 0.333 e. The molecule has 8 nitrogen and oxygen atoms in total. The minimum absolute atomic E-state index is 0.0284. The Kier molecular flexibility index (Phi) is 3.75. The monoisotopic (exact) mass is 362 g/mol. The fourth-order valence-electron chi connectivity index (χ4n) is 3.57. The normalized spacial score (nSPS) is 23.0. The van der Waals surface area contributed by atoms with E-state index in [0.717, 1.165) is 22.3 Å². The fraction of sp³-hybridized carbons (Fsp3) is 0.438. The van der Waals surface area contributed by atoms with E-state index in [1.807, 2.05) is 19.1 Å². The Hall–Kier alpha value is -2.10. The number of aromatic nitrogens is 2. The third-order valence-corrected chi connectivity index (χ3v) is 5.27. The van der Waals surface area contributed by atoms with Gasteiger partial charge in [-0.05, 0) is 37.8 Å². The van der Waals surface area contributed by atoms with Crippen molar-refractivity contribution in [3.63, 3.8) is 0 Å². The number of carbonyl (C=O) groups excluding carboxylic acids is 1. The molecule has 4 rings (SSSR count). The van der Waals surface area contributed by atoms with Crippen molar-refractivity contribution in [2.75, 3.05) is 11.4 Å². The first kappa shape index (κ1) is 16.4. The number of rotatable bonds is 4. The molecule has 0 atom stereocenters. The molecule has 2 N–H and O–H groups in total. The SMILES string of the molecule is Cc1ccc2c3c(cnc2n1)CC(=O)N3CC1CC(OS(N)(=O)=O)C1. The van der Waals surface area contributed by atoms with Gasteiger partial charge in [-0.3, -0.25) is 8.98 Å². The highest BCUT2D eigenvalue weighted by molar-refractivity contribution is 7.84. The molecule has 25 heavy (non-hydrogen) atoms. The fourth-order valence-corrected chi connectivity index (χ4v) is 4.11. The summed E-state index contributed by atoms with van der Waals surface area (Å²) in [5.41, 5.74) is 3.28. The molecule has 1 amide bonds. The highest BCUT2D eigenvalue weighted by Crippen LogP contribution is 2.38. The molecule has 0 aromatic carbocycles. The molecule has 2 aromatic rings. The summed E-state index contributed by atoms with van der Waals surface area (Å²) in [6, 6.07) is 3.85. The van der Waals surface area contributed by atoms with Crippen molar-refractivity contribution in [1.29, 1.82) is 0 Å². The highest BCUT2D eigenvalue weighted by Gasteiger charge is 2.38. The number of fused-ring (bicyclic) bond motifs is 3. The van der Waals surface area contributed by atoms with Crippen molar-refractivity contribution in [2.24, 2.45) is 11.1 Å². The average Bonchev–Trinajstić information content (AvgIpc) is 2.79. The first-order valence-corrected chi connectivity index (χ1v) is 9.54. The number of nitrogens with zero attached hydrogens (tertiary/aromatic N) is 3. The second kappa shape index (κ2) is 5.72. The molecule has 1 fully saturated rings. The van der Waals surface area contributed by atoms with E-state index >= 15 is 0 Å². The Bertz CT molecular complexity index is 970. The van der Waals surface area contributed by atoms with Crippen LogP contribution in [0.2, 0.25) is 0 Å². The Morgan fingerprint density at radius 1 is 1.36 bits per heavy atom. The van der Waals surface area contributed by atoms with Crippen molar-refractivity contribution in [2.45, 2.75) is 32.3 Å². The number of hydrogen-bond donors (Lipinski definition) is 1. The molecule has 0 spiro atoms. The van der Waals surface area contributed by atoms with Crippen molar-refractivity contribution in [3.8, 4) is 0 Å². The van der Waals surface area contributed by atoms with E-state index in [9.17, 15) is 13.2 Å². The third-order valence-electron chi connectivity index (χ3n) is 4.73. The second-order valence-electron chi connectivity index (χ2n) is 6.69. The number of anilines is 1. The predicted molar refractivity (Wildman–Crippen MR) is 91.0 cm³/mol. The van der Waals surface area contributed by atoms with Gasteiger partial charge in [-0.15, -0.1) is 0 Å². The zero-order valence-corrected chi connectivity index (χ0v) is 14.5. The molecule has 3 heterocycles. The second-order valence-corrected chi connectivity index (χ2v) is 7.86. The summed E-state index contributed by atoms with van der Waals surface area (Å²) in [7, 11) is -3.92. The zero-order valence-electron chi connectivity index (χ0n) is 13.7. The van der Waals surface area contributed by atoms with E-state index in [0.29, 0.717) is 31.5 Å². The largest absolute Gasteiger partial charge is 0.333 e. The minimum atomic E-state index is -3.92. The molecule has 0 saturated heterocycles. The van der Waals surface area contributed by atoms with Crippen molar-refractivity contribution >= 4 is 32.9 Å². The van der Waals surface area contributed by atoms with Gasteiger partial charge in [0, 0.05) is 29.4 Å². The lowest BCUT2D eigenvalue weighted by atomic mass is 9.82. The van der Waals surface area contributed by atoms with Crippen LogP contribution in [0.25, 0.3) is 11.0 Å². The highest BCUT2D eigenvalue weighted by atomic mass is 32.2. The summed E-state index contributed by atoms with van der Waals surface area (Å²) in [6.07, 6.45) is 2.79. The summed E-state index contributed by atoms with van der Waals surface area (Å²) < 4.78 is 26.7. The average molecular weight is 362 g/mol. The molecule has 2 aliphatic rings. The molecule has 0 radical (unpaired) electrons. The predicted octanol–water partition coefficient (Wildman–Crippen LogP) is 0.826. The third kappa shape index (κ3) is 3.10.